The summed E-state index contributed by atoms with van der Waals surface area (Å²) in [5.74, 6) is -2.74. The van der Waals surface area contributed by atoms with Crippen LogP contribution >= 0.6 is 11.3 Å². The van der Waals surface area contributed by atoms with E-state index in [2.05, 4.69) is 36.5 Å². The molecule has 2 aliphatic carbocycles. The topological polar surface area (TPSA) is 126 Å². The van der Waals surface area contributed by atoms with Crippen molar-refractivity contribution in [1.82, 2.24) is 14.6 Å². The Morgan fingerprint density at radius 1 is 1.08 bits per heavy atom. The minimum Gasteiger partial charge on any atom is -0.406 e. The number of thiazole rings is 1. The van der Waals surface area contributed by atoms with Gasteiger partial charge in [0, 0.05) is 37.0 Å². The van der Waals surface area contributed by atoms with Crippen LogP contribution in [-0.2, 0) is 26.1 Å². The van der Waals surface area contributed by atoms with Crippen LogP contribution in [0.15, 0.2) is 63.2 Å². The molecule has 20 heteroatoms. The molecule has 1 aliphatic heterocycles. The molecule has 1 N–H and O–H groups in total. The normalized spacial score (nSPS) is 18.8. The smallest absolute Gasteiger partial charge is 0.406 e. The van der Waals surface area contributed by atoms with E-state index in [1.54, 1.807) is 11.8 Å². The van der Waals surface area contributed by atoms with Gasteiger partial charge in [-0.1, -0.05) is 37.3 Å². The molecular weight excluding hydrogens is 746 g/mol. The van der Waals surface area contributed by atoms with Gasteiger partial charge in [-0.2, -0.15) is 4.31 Å². The number of alkyl halides is 6. The van der Waals surface area contributed by atoms with Gasteiger partial charge in [0.25, 0.3) is 0 Å². The zero-order chi connectivity index (χ0) is 38.4. The highest BCUT2D eigenvalue weighted by Crippen LogP contribution is 2.37. The summed E-state index contributed by atoms with van der Waals surface area (Å²) in [5, 5.41) is 2.94. The number of rotatable bonds is 10. The van der Waals surface area contributed by atoms with E-state index >= 15 is 0 Å². The number of sulfonamides is 1. The number of piperazine rings is 1. The first-order chi connectivity index (χ1) is 24.4. The molecule has 52 heavy (non-hydrogen) atoms. The summed E-state index contributed by atoms with van der Waals surface area (Å²) in [6.07, 6.45) is -4.50. The van der Waals surface area contributed by atoms with E-state index in [4.69, 9.17) is 0 Å². The maximum absolute atomic E-state index is 14.3. The number of hydrogen-bond acceptors (Lipinski definition) is 9. The Labute approximate surface area is 299 Å². The van der Waals surface area contributed by atoms with Crippen molar-refractivity contribution in [1.29, 1.82) is 0 Å². The maximum Gasteiger partial charge on any atom is 0.573 e. The van der Waals surface area contributed by atoms with Gasteiger partial charge in [-0.3, -0.25) is 4.79 Å². The largest absolute Gasteiger partial charge is 0.573 e. The lowest BCUT2D eigenvalue weighted by Gasteiger charge is -2.39. The fourth-order valence-electron chi connectivity index (χ4n) is 5.06. The zero-order valence-corrected chi connectivity index (χ0v) is 29.7. The maximum atomic E-state index is 14.3. The SMILES string of the molecule is C=N/C(=N\c1nc(N2CCN(S(=O)(=O)C3=CCC=C(OC(F)(F)F)C=C3)[C@@H](C(=O)NCc3ccc(OC(F)(F)F)c(F)c3)C2)sc1C)C1CC1.CC. The van der Waals surface area contributed by atoms with E-state index in [0.717, 1.165) is 58.5 Å². The summed E-state index contributed by atoms with van der Waals surface area (Å²) < 4.78 is 127. The number of benzene rings is 1. The number of aromatic nitrogens is 1. The number of nitrogens with one attached hydrogen (secondary N) is 1. The summed E-state index contributed by atoms with van der Waals surface area (Å²) in [6.45, 7) is 8.56. The summed E-state index contributed by atoms with van der Waals surface area (Å²) in [6, 6.07) is 1.12. The highest BCUT2D eigenvalue weighted by atomic mass is 32.2. The highest BCUT2D eigenvalue weighted by Gasteiger charge is 2.42. The molecule has 284 valence electrons. The number of carbonyl (C=O) groups excluding carboxylic acids is 1. The summed E-state index contributed by atoms with van der Waals surface area (Å²) in [4.78, 5) is 28.8. The van der Waals surface area contributed by atoms with Crippen LogP contribution in [-0.4, -0.2) is 74.6 Å². The molecule has 1 saturated heterocycles. The Hall–Kier alpha value is -4.30. The van der Waals surface area contributed by atoms with E-state index < -0.39 is 58.6 Å². The molecule has 0 radical (unpaired) electrons. The lowest BCUT2D eigenvalue weighted by Crippen LogP contribution is -2.60. The van der Waals surface area contributed by atoms with Gasteiger partial charge >= 0.3 is 12.7 Å². The van der Waals surface area contributed by atoms with Crippen molar-refractivity contribution in [3.8, 4) is 5.75 Å². The third kappa shape index (κ3) is 10.6. The third-order valence-corrected chi connectivity index (χ3v) is 10.5. The van der Waals surface area contributed by atoms with Gasteiger partial charge in [0.1, 0.15) is 17.6 Å². The molecule has 5 rings (SSSR count). The number of aryl methyl sites for hydroxylation is 1. The van der Waals surface area contributed by atoms with Gasteiger partial charge in [0.15, 0.2) is 22.5 Å². The number of nitrogens with zero attached hydrogens (tertiary/aromatic N) is 5. The van der Waals surface area contributed by atoms with Gasteiger partial charge in [-0.25, -0.2) is 27.8 Å². The molecule has 2 aromatic rings. The quantitative estimate of drug-likeness (QED) is 0.156. The van der Waals surface area contributed by atoms with Crippen LogP contribution < -0.4 is 15.0 Å². The second-order valence-electron chi connectivity index (χ2n) is 11.2. The van der Waals surface area contributed by atoms with Crippen molar-refractivity contribution < 1.29 is 53.4 Å². The zero-order valence-electron chi connectivity index (χ0n) is 28.1. The molecule has 2 heterocycles. The van der Waals surface area contributed by atoms with Crippen LogP contribution in [0.1, 0.15) is 43.6 Å². The predicted molar refractivity (Wildman–Crippen MR) is 181 cm³/mol. The van der Waals surface area contributed by atoms with Crippen LogP contribution in [0.25, 0.3) is 0 Å². The van der Waals surface area contributed by atoms with Crippen LogP contribution in [0.5, 0.6) is 5.75 Å². The third-order valence-electron chi connectivity index (χ3n) is 7.57. The average molecular weight is 781 g/mol. The molecule has 0 unspecified atom stereocenters. The van der Waals surface area contributed by atoms with E-state index in [-0.39, 0.29) is 42.4 Å². The van der Waals surface area contributed by atoms with Crippen LogP contribution in [0, 0.1) is 18.7 Å². The number of amidine groups is 1. The Morgan fingerprint density at radius 2 is 1.77 bits per heavy atom. The standard InChI is InChI=1S/C30H29F7N6O5S2.C2H6/c1-17-25(40-26(38-2)19-7-8-19)41-28(49-17)42-12-13-43(50(45,46)21-5-3-4-20(9-10-21)47-29(32,33)34)23(16-42)27(44)39-15-18-6-11-24(22(31)14-18)48-30(35,36)37;1-2/h4-6,9-11,14,19,23H,2-3,7-8,12-13,15-16H2,1H3,(H,39,44);1-2H3/b40-26-;/t23-;/m1./s1. The van der Waals surface area contributed by atoms with Crippen molar-refractivity contribution in [3.05, 3.63) is 69.4 Å². The van der Waals surface area contributed by atoms with E-state index in [1.165, 1.54) is 17.4 Å². The Kier molecular flexibility index (Phi) is 12.9. The number of halogens is 7. The number of allylic oxidation sites excluding steroid dienone is 4. The molecule has 1 atom stereocenters. The van der Waals surface area contributed by atoms with Crippen LogP contribution in [0.3, 0.4) is 0 Å². The number of hydrogen-bond donors (Lipinski definition) is 1. The highest BCUT2D eigenvalue weighted by molar-refractivity contribution is 7.93. The number of carbonyl (C=O) groups is 1. The van der Waals surface area contributed by atoms with Gasteiger partial charge in [-0.05, 0) is 68.8 Å². The molecule has 0 spiro atoms. The van der Waals surface area contributed by atoms with Crippen molar-refractivity contribution in [3.63, 3.8) is 0 Å². The monoisotopic (exact) mass is 780 g/mol. The average Bonchev–Trinajstić information content (AvgIpc) is 3.89. The summed E-state index contributed by atoms with van der Waals surface area (Å²) in [5.41, 5.74) is 0.0467. The minimum atomic E-state index is -5.13. The van der Waals surface area contributed by atoms with Crippen molar-refractivity contribution in [2.24, 2.45) is 15.9 Å². The van der Waals surface area contributed by atoms with Gasteiger partial charge in [0.05, 0.1) is 4.91 Å². The van der Waals surface area contributed by atoms with Crippen molar-refractivity contribution >= 4 is 50.8 Å². The fraction of sp³-hybridized carbons (Fsp3) is 0.438. The molecule has 0 bridgehead atoms. The van der Waals surface area contributed by atoms with Gasteiger partial charge in [-0.15, -0.1) is 26.3 Å². The summed E-state index contributed by atoms with van der Waals surface area (Å²) in [7, 11) is -4.50. The summed E-state index contributed by atoms with van der Waals surface area (Å²) >= 11 is 1.26. The Balaban J connectivity index is 0.00000297. The Bertz CT molecular complexity index is 1870. The molecule has 1 saturated carbocycles. The lowest BCUT2D eigenvalue weighted by molar-refractivity contribution is -0.303. The number of ether oxygens (including phenoxy) is 2. The van der Waals surface area contributed by atoms with E-state index in [1.807, 2.05) is 13.8 Å². The molecule has 11 nitrogen and oxygen atoms in total. The Morgan fingerprint density at radius 3 is 2.38 bits per heavy atom. The molecule has 2 fully saturated rings. The second-order valence-corrected chi connectivity index (χ2v) is 14.3. The van der Waals surface area contributed by atoms with Crippen LogP contribution in [0.2, 0.25) is 0 Å². The van der Waals surface area contributed by atoms with Gasteiger partial charge < -0.3 is 19.7 Å². The van der Waals surface area contributed by atoms with Crippen molar-refractivity contribution in [2.45, 2.75) is 65.3 Å². The van der Waals surface area contributed by atoms with Gasteiger partial charge in [0.2, 0.25) is 15.9 Å². The van der Waals surface area contributed by atoms with Crippen molar-refractivity contribution in [2.75, 3.05) is 24.5 Å². The van der Waals surface area contributed by atoms with E-state index in [9.17, 15) is 43.9 Å². The first-order valence-corrected chi connectivity index (χ1v) is 18.1. The fourth-order valence-corrected chi connectivity index (χ4v) is 7.58. The first kappa shape index (κ1) is 40.5. The molecule has 3 aliphatic rings. The molecule has 1 aromatic heterocycles. The number of amides is 1. The van der Waals surface area contributed by atoms with Crippen LogP contribution in [0.4, 0.5) is 41.7 Å². The molecule has 1 amide bonds. The second kappa shape index (κ2) is 16.6. The minimum absolute atomic E-state index is 0.0467. The number of aliphatic imine (C=N–C) groups is 2. The van der Waals surface area contributed by atoms with E-state index in [0.29, 0.717) is 16.8 Å². The molecular formula is C32H35F7N6O5S2. The molecule has 1 aromatic carbocycles. The first-order valence-electron chi connectivity index (χ1n) is 15.9. The number of anilines is 1. The predicted octanol–water partition coefficient (Wildman–Crippen LogP) is 7.06. The lowest BCUT2D eigenvalue weighted by atomic mass is 10.1.